The lowest BCUT2D eigenvalue weighted by Crippen LogP contribution is -1.88. The van der Waals surface area contributed by atoms with Crippen molar-refractivity contribution in [2.75, 3.05) is 5.73 Å². The zero-order valence-corrected chi connectivity index (χ0v) is 8.71. The number of nitrogens with two attached hydrogens (primary N) is 1. The molecule has 0 bridgehead atoms. The van der Waals surface area contributed by atoms with Gasteiger partial charge < -0.3 is 5.73 Å². The van der Waals surface area contributed by atoms with Crippen LogP contribution in [-0.2, 0) is 6.42 Å². The molecule has 0 aromatic carbocycles. The smallest absolute Gasteiger partial charge is 0.138 e. The number of aromatic nitrogens is 2. The largest absolute Gasteiger partial charge is 0.383 e. The van der Waals surface area contributed by atoms with Crippen molar-refractivity contribution in [3.63, 3.8) is 0 Å². The third kappa shape index (κ3) is 1.61. The highest BCUT2D eigenvalue weighted by Gasteiger charge is 2.07. The fraction of sp³-hybridized carbons (Fsp3) is 0.200. The van der Waals surface area contributed by atoms with E-state index in [1.165, 1.54) is 0 Å². The van der Waals surface area contributed by atoms with Crippen molar-refractivity contribution in [1.29, 1.82) is 0 Å². The lowest BCUT2D eigenvalue weighted by atomic mass is 10.3. The van der Waals surface area contributed by atoms with E-state index in [0.717, 1.165) is 21.9 Å². The fourth-order valence-corrected chi connectivity index (χ4v) is 2.14. The number of aryl methyl sites for hydroxylation is 1. The molecule has 0 aliphatic heterocycles. The van der Waals surface area contributed by atoms with Crippen molar-refractivity contribution < 1.29 is 0 Å². The molecule has 2 rings (SSSR count). The fourth-order valence-electron chi connectivity index (χ4n) is 1.23. The van der Waals surface area contributed by atoms with Gasteiger partial charge in [0.15, 0.2) is 0 Å². The number of thiazole rings is 1. The predicted octanol–water partition coefficient (Wildman–Crippen LogP) is 2.35. The summed E-state index contributed by atoms with van der Waals surface area (Å²) in [5.41, 5.74) is 6.80. The minimum Gasteiger partial charge on any atom is -0.383 e. The van der Waals surface area contributed by atoms with Gasteiger partial charge in [-0.2, -0.15) is 0 Å². The molecule has 0 aliphatic carbocycles. The summed E-state index contributed by atoms with van der Waals surface area (Å²) in [5.74, 6) is 0.649. The molecule has 0 radical (unpaired) electrons. The summed E-state index contributed by atoms with van der Waals surface area (Å²) in [6, 6.07) is 3.89. The number of nitrogen functional groups attached to an aromatic ring is 1. The van der Waals surface area contributed by atoms with E-state index in [4.69, 9.17) is 5.73 Å². The van der Waals surface area contributed by atoms with Crippen molar-refractivity contribution in [3.8, 4) is 10.6 Å². The Morgan fingerprint density at radius 2 is 2.36 bits per heavy atom. The summed E-state index contributed by atoms with van der Waals surface area (Å²) < 4.78 is 0. The van der Waals surface area contributed by atoms with Crippen molar-refractivity contribution in [2.24, 2.45) is 0 Å². The van der Waals surface area contributed by atoms with Gasteiger partial charge in [-0.05, 0) is 18.6 Å². The van der Waals surface area contributed by atoms with E-state index in [9.17, 15) is 0 Å². The Morgan fingerprint density at radius 3 is 2.93 bits per heavy atom. The highest BCUT2D eigenvalue weighted by molar-refractivity contribution is 7.15. The number of anilines is 1. The summed E-state index contributed by atoms with van der Waals surface area (Å²) in [6.45, 7) is 2.08. The molecule has 0 fully saturated rings. The van der Waals surface area contributed by atoms with Crippen LogP contribution in [-0.4, -0.2) is 9.97 Å². The molecule has 0 atom stereocenters. The van der Waals surface area contributed by atoms with Crippen LogP contribution >= 0.6 is 11.3 Å². The van der Waals surface area contributed by atoms with Gasteiger partial charge in [0.2, 0.25) is 0 Å². The van der Waals surface area contributed by atoms with E-state index >= 15 is 0 Å². The molecule has 4 heteroatoms. The number of pyridine rings is 1. The second kappa shape index (κ2) is 3.75. The zero-order valence-electron chi connectivity index (χ0n) is 7.90. The summed E-state index contributed by atoms with van der Waals surface area (Å²) in [6.07, 6.45) is 4.49. The van der Waals surface area contributed by atoms with Crippen LogP contribution < -0.4 is 5.73 Å². The molecule has 0 unspecified atom stereocenters. The number of hydrogen-bond acceptors (Lipinski definition) is 4. The van der Waals surface area contributed by atoms with E-state index in [2.05, 4.69) is 16.9 Å². The average Bonchev–Trinajstić information content (AvgIpc) is 2.61. The molecule has 3 nitrogen and oxygen atoms in total. The maximum absolute atomic E-state index is 5.77. The summed E-state index contributed by atoms with van der Waals surface area (Å²) in [4.78, 5) is 9.50. The minimum atomic E-state index is 0.649. The molecular formula is C10H11N3S. The van der Waals surface area contributed by atoms with E-state index in [1.54, 1.807) is 23.7 Å². The molecule has 2 aromatic rings. The van der Waals surface area contributed by atoms with Gasteiger partial charge in [0.25, 0.3) is 0 Å². The number of rotatable bonds is 2. The summed E-state index contributed by atoms with van der Waals surface area (Å²) in [7, 11) is 0. The van der Waals surface area contributed by atoms with Crippen molar-refractivity contribution in [1.82, 2.24) is 9.97 Å². The van der Waals surface area contributed by atoms with Gasteiger partial charge >= 0.3 is 0 Å². The molecule has 0 saturated carbocycles. The molecule has 0 saturated heterocycles. The summed E-state index contributed by atoms with van der Waals surface area (Å²) in [5, 5.41) is 0.951. The first-order valence-electron chi connectivity index (χ1n) is 4.47. The second-order valence-corrected chi connectivity index (χ2v) is 4.01. The lowest BCUT2D eigenvalue weighted by molar-refractivity contribution is 1.17. The van der Waals surface area contributed by atoms with E-state index in [1.807, 2.05) is 12.1 Å². The molecule has 0 amide bonds. The third-order valence-electron chi connectivity index (χ3n) is 1.96. The maximum Gasteiger partial charge on any atom is 0.138 e. The highest BCUT2D eigenvalue weighted by Crippen LogP contribution is 2.28. The molecule has 0 aliphatic rings. The maximum atomic E-state index is 5.77. The molecule has 2 heterocycles. The quantitative estimate of drug-likeness (QED) is 0.818. The second-order valence-electron chi connectivity index (χ2n) is 2.92. The lowest BCUT2D eigenvalue weighted by Gasteiger charge is -1.91. The minimum absolute atomic E-state index is 0.649. The Bertz CT molecular complexity index is 422. The normalized spacial score (nSPS) is 10.4. The first kappa shape index (κ1) is 9.15. The third-order valence-corrected chi connectivity index (χ3v) is 3.22. The Kier molecular flexibility index (Phi) is 2.45. The van der Waals surface area contributed by atoms with Crippen LogP contribution in [0.1, 0.15) is 11.8 Å². The van der Waals surface area contributed by atoms with Gasteiger partial charge in [0.05, 0.1) is 0 Å². The number of hydrogen-bond donors (Lipinski definition) is 1. The molecule has 14 heavy (non-hydrogen) atoms. The van der Waals surface area contributed by atoms with E-state index < -0.39 is 0 Å². The van der Waals surface area contributed by atoms with Gasteiger partial charge in [0.1, 0.15) is 10.8 Å². The molecule has 2 aromatic heterocycles. The number of nitrogens with zero attached hydrogens (tertiary/aromatic N) is 2. The van der Waals surface area contributed by atoms with E-state index in [0.29, 0.717) is 5.82 Å². The van der Waals surface area contributed by atoms with Gasteiger partial charge in [0, 0.05) is 22.8 Å². The van der Waals surface area contributed by atoms with Crippen molar-refractivity contribution in [3.05, 3.63) is 29.4 Å². The molecule has 72 valence electrons. The van der Waals surface area contributed by atoms with Crippen LogP contribution in [0.25, 0.3) is 10.6 Å². The van der Waals surface area contributed by atoms with Gasteiger partial charge in [-0.3, -0.25) is 4.98 Å². The van der Waals surface area contributed by atoms with Gasteiger partial charge in [-0.25, -0.2) is 4.98 Å². The SMILES string of the molecule is CCc1sc(-c2cccnc2)nc1N. The molecule has 0 spiro atoms. The zero-order chi connectivity index (χ0) is 9.97. The Labute approximate surface area is 86.6 Å². The van der Waals surface area contributed by atoms with Crippen LogP contribution in [0.4, 0.5) is 5.82 Å². The predicted molar refractivity (Wildman–Crippen MR) is 59.1 cm³/mol. The van der Waals surface area contributed by atoms with Gasteiger partial charge in [-0.1, -0.05) is 6.92 Å². The summed E-state index contributed by atoms with van der Waals surface area (Å²) >= 11 is 1.64. The van der Waals surface area contributed by atoms with Crippen LogP contribution in [0.3, 0.4) is 0 Å². The molecule has 2 N–H and O–H groups in total. The van der Waals surface area contributed by atoms with Gasteiger partial charge in [-0.15, -0.1) is 11.3 Å². The Hall–Kier alpha value is -1.42. The first-order valence-corrected chi connectivity index (χ1v) is 5.28. The Morgan fingerprint density at radius 1 is 1.50 bits per heavy atom. The van der Waals surface area contributed by atoms with Crippen LogP contribution in [0, 0.1) is 0 Å². The van der Waals surface area contributed by atoms with Crippen molar-refractivity contribution in [2.45, 2.75) is 13.3 Å². The topological polar surface area (TPSA) is 51.8 Å². The molecular weight excluding hydrogens is 194 g/mol. The average molecular weight is 205 g/mol. The van der Waals surface area contributed by atoms with Crippen LogP contribution in [0.15, 0.2) is 24.5 Å². The van der Waals surface area contributed by atoms with Crippen molar-refractivity contribution >= 4 is 17.2 Å². The van der Waals surface area contributed by atoms with Crippen LogP contribution in [0.2, 0.25) is 0 Å². The highest BCUT2D eigenvalue weighted by atomic mass is 32.1. The first-order chi connectivity index (χ1) is 6.81. The van der Waals surface area contributed by atoms with E-state index in [-0.39, 0.29) is 0 Å². The standard InChI is InChI=1S/C10H11N3S/c1-2-8-9(11)13-10(14-8)7-4-3-5-12-6-7/h3-6H,2,11H2,1H3. The monoisotopic (exact) mass is 205 g/mol. The van der Waals surface area contributed by atoms with Crippen LogP contribution in [0.5, 0.6) is 0 Å². The Balaban J connectivity index is 2.43.